The van der Waals surface area contributed by atoms with Crippen molar-refractivity contribution >= 4 is 17.5 Å². The van der Waals surface area contributed by atoms with E-state index in [1.807, 2.05) is 54.1 Å². The molecule has 2 heterocycles. The SMILES string of the molecule is CC(NC(=O)C1Cc2cc(Cl)ccc2O1)c1ccc(-n2ccnc2)cc1. The van der Waals surface area contributed by atoms with Crippen LogP contribution in [0.4, 0.5) is 0 Å². The minimum atomic E-state index is -0.517. The van der Waals surface area contributed by atoms with E-state index in [1.165, 1.54) is 0 Å². The van der Waals surface area contributed by atoms with Crippen LogP contribution in [0.15, 0.2) is 61.2 Å². The first-order chi connectivity index (χ1) is 12.6. The minimum Gasteiger partial charge on any atom is -0.480 e. The Morgan fingerprint density at radius 3 is 2.85 bits per heavy atom. The normalized spacial score (nSPS) is 16.6. The van der Waals surface area contributed by atoms with Gasteiger partial charge in [0.25, 0.3) is 5.91 Å². The molecule has 1 N–H and O–H groups in total. The molecule has 0 fully saturated rings. The number of rotatable bonds is 4. The van der Waals surface area contributed by atoms with E-state index in [0.717, 1.165) is 22.6 Å². The fraction of sp³-hybridized carbons (Fsp3) is 0.200. The third kappa shape index (κ3) is 3.30. The van der Waals surface area contributed by atoms with Gasteiger partial charge in [-0.15, -0.1) is 0 Å². The van der Waals surface area contributed by atoms with Gasteiger partial charge in [-0.2, -0.15) is 0 Å². The van der Waals surface area contributed by atoms with E-state index >= 15 is 0 Å². The van der Waals surface area contributed by atoms with E-state index < -0.39 is 6.10 Å². The van der Waals surface area contributed by atoms with Crippen molar-refractivity contribution in [1.29, 1.82) is 0 Å². The number of aromatic nitrogens is 2. The molecule has 26 heavy (non-hydrogen) atoms. The van der Waals surface area contributed by atoms with Crippen molar-refractivity contribution < 1.29 is 9.53 Å². The van der Waals surface area contributed by atoms with Crippen LogP contribution in [0.2, 0.25) is 5.02 Å². The Morgan fingerprint density at radius 2 is 2.12 bits per heavy atom. The summed E-state index contributed by atoms with van der Waals surface area (Å²) in [7, 11) is 0. The Labute approximate surface area is 156 Å². The van der Waals surface area contributed by atoms with Crippen LogP contribution >= 0.6 is 11.6 Å². The maximum absolute atomic E-state index is 12.6. The molecule has 0 bridgehead atoms. The van der Waals surface area contributed by atoms with E-state index in [9.17, 15) is 4.79 Å². The second-order valence-corrected chi connectivity index (χ2v) is 6.79. The van der Waals surface area contributed by atoms with Crippen molar-refractivity contribution in [3.05, 3.63) is 77.3 Å². The average Bonchev–Trinajstić information content (AvgIpc) is 3.31. The van der Waals surface area contributed by atoms with E-state index in [1.54, 1.807) is 18.6 Å². The maximum atomic E-state index is 12.6. The smallest absolute Gasteiger partial charge is 0.261 e. The summed E-state index contributed by atoms with van der Waals surface area (Å²) in [6.07, 6.45) is 5.40. The Kier molecular flexibility index (Phi) is 4.39. The summed E-state index contributed by atoms with van der Waals surface area (Å²) < 4.78 is 7.68. The lowest BCUT2D eigenvalue weighted by molar-refractivity contribution is -0.127. The van der Waals surface area contributed by atoms with Crippen molar-refractivity contribution in [2.24, 2.45) is 0 Å². The zero-order valence-corrected chi connectivity index (χ0v) is 15.0. The lowest BCUT2D eigenvalue weighted by Gasteiger charge is -2.18. The quantitative estimate of drug-likeness (QED) is 0.764. The molecule has 2 aromatic carbocycles. The molecular formula is C20H18ClN3O2. The average molecular weight is 368 g/mol. The Balaban J connectivity index is 1.40. The summed E-state index contributed by atoms with van der Waals surface area (Å²) >= 11 is 6.00. The van der Waals surface area contributed by atoms with Gasteiger partial charge in [0.15, 0.2) is 6.10 Å². The van der Waals surface area contributed by atoms with Gasteiger partial charge in [0, 0.05) is 29.5 Å². The number of halogens is 1. The zero-order valence-electron chi connectivity index (χ0n) is 14.2. The summed E-state index contributed by atoms with van der Waals surface area (Å²) in [6, 6.07) is 13.3. The van der Waals surface area contributed by atoms with E-state index in [-0.39, 0.29) is 11.9 Å². The molecular weight excluding hydrogens is 350 g/mol. The summed E-state index contributed by atoms with van der Waals surface area (Å²) in [5.74, 6) is 0.607. The second-order valence-electron chi connectivity index (χ2n) is 6.35. The second kappa shape index (κ2) is 6.84. The number of benzene rings is 2. The highest BCUT2D eigenvalue weighted by atomic mass is 35.5. The number of carbonyl (C=O) groups is 1. The number of nitrogens with zero attached hydrogens (tertiary/aromatic N) is 2. The molecule has 0 saturated heterocycles. The predicted octanol–water partition coefficient (Wildman–Crippen LogP) is 3.71. The van der Waals surface area contributed by atoms with Crippen molar-refractivity contribution in [1.82, 2.24) is 14.9 Å². The molecule has 1 aromatic heterocycles. The molecule has 2 atom stereocenters. The number of amides is 1. The fourth-order valence-electron chi connectivity index (χ4n) is 3.10. The molecule has 6 heteroatoms. The lowest BCUT2D eigenvalue weighted by Crippen LogP contribution is -2.38. The molecule has 0 spiro atoms. The van der Waals surface area contributed by atoms with Crippen LogP contribution in [0.5, 0.6) is 5.75 Å². The van der Waals surface area contributed by atoms with Gasteiger partial charge in [-0.25, -0.2) is 4.98 Å². The Bertz CT molecular complexity index is 923. The molecule has 0 saturated carbocycles. The first-order valence-corrected chi connectivity index (χ1v) is 8.82. The van der Waals surface area contributed by atoms with Gasteiger partial charge in [-0.3, -0.25) is 4.79 Å². The third-order valence-electron chi connectivity index (χ3n) is 4.54. The van der Waals surface area contributed by atoms with Crippen LogP contribution in [0.3, 0.4) is 0 Å². The van der Waals surface area contributed by atoms with Gasteiger partial charge in [-0.1, -0.05) is 23.7 Å². The van der Waals surface area contributed by atoms with E-state index in [2.05, 4.69) is 10.3 Å². The molecule has 3 aromatic rings. The molecule has 4 rings (SSSR count). The first kappa shape index (κ1) is 16.7. The molecule has 2 unspecified atom stereocenters. The van der Waals surface area contributed by atoms with Crippen molar-refractivity contribution in [3.8, 4) is 11.4 Å². The third-order valence-corrected chi connectivity index (χ3v) is 4.78. The summed E-state index contributed by atoms with van der Waals surface area (Å²) in [5.41, 5.74) is 3.02. The molecule has 1 amide bonds. The maximum Gasteiger partial charge on any atom is 0.261 e. The summed E-state index contributed by atoms with van der Waals surface area (Å²) in [6.45, 7) is 1.96. The highest BCUT2D eigenvalue weighted by molar-refractivity contribution is 6.30. The van der Waals surface area contributed by atoms with Gasteiger partial charge < -0.3 is 14.6 Å². The lowest BCUT2D eigenvalue weighted by atomic mass is 10.1. The van der Waals surface area contributed by atoms with Gasteiger partial charge in [0.1, 0.15) is 5.75 Å². The van der Waals surface area contributed by atoms with Crippen LogP contribution in [0, 0.1) is 0 Å². The number of hydrogen-bond acceptors (Lipinski definition) is 3. The molecule has 5 nitrogen and oxygen atoms in total. The molecule has 0 aliphatic carbocycles. The summed E-state index contributed by atoms with van der Waals surface area (Å²) in [4.78, 5) is 16.6. The van der Waals surface area contributed by atoms with Crippen LogP contribution in [0.1, 0.15) is 24.1 Å². The number of fused-ring (bicyclic) bond motifs is 1. The molecule has 1 aliphatic rings. The van der Waals surface area contributed by atoms with Gasteiger partial charge in [-0.05, 0) is 48.4 Å². The predicted molar refractivity (Wildman–Crippen MR) is 99.7 cm³/mol. The van der Waals surface area contributed by atoms with Crippen LogP contribution < -0.4 is 10.1 Å². The largest absolute Gasteiger partial charge is 0.480 e. The van der Waals surface area contributed by atoms with Gasteiger partial charge >= 0.3 is 0 Å². The van der Waals surface area contributed by atoms with Gasteiger partial charge in [0.05, 0.1) is 12.4 Å². The Hall–Kier alpha value is -2.79. The van der Waals surface area contributed by atoms with Crippen molar-refractivity contribution in [2.45, 2.75) is 25.5 Å². The monoisotopic (exact) mass is 367 g/mol. The molecule has 0 radical (unpaired) electrons. The van der Waals surface area contributed by atoms with Crippen molar-refractivity contribution in [2.75, 3.05) is 0 Å². The fourth-order valence-corrected chi connectivity index (χ4v) is 3.29. The first-order valence-electron chi connectivity index (χ1n) is 8.44. The number of nitrogens with one attached hydrogen (secondary N) is 1. The number of imidazole rings is 1. The van der Waals surface area contributed by atoms with Crippen LogP contribution in [-0.4, -0.2) is 21.6 Å². The van der Waals surface area contributed by atoms with E-state index in [4.69, 9.17) is 16.3 Å². The zero-order chi connectivity index (χ0) is 18.1. The topological polar surface area (TPSA) is 56.1 Å². The standard InChI is InChI=1S/C20H18ClN3O2/c1-13(14-2-5-17(6-3-14)24-9-8-22-12-24)23-20(25)19-11-15-10-16(21)4-7-18(15)26-19/h2-10,12-13,19H,11H2,1H3,(H,23,25). The number of hydrogen-bond donors (Lipinski definition) is 1. The Morgan fingerprint density at radius 1 is 1.31 bits per heavy atom. The highest BCUT2D eigenvalue weighted by Gasteiger charge is 2.30. The minimum absolute atomic E-state index is 0.116. The van der Waals surface area contributed by atoms with E-state index in [0.29, 0.717) is 11.4 Å². The van der Waals surface area contributed by atoms with Crippen LogP contribution in [0.25, 0.3) is 5.69 Å². The summed E-state index contributed by atoms with van der Waals surface area (Å²) in [5, 5.41) is 3.68. The van der Waals surface area contributed by atoms with Crippen LogP contribution in [-0.2, 0) is 11.2 Å². The molecule has 132 valence electrons. The number of ether oxygens (including phenoxy) is 1. The number of carbonyl (C=O) groups excluding carboxylic acids is 1. The molecule has 1 aliphatic heterocycles. The van der Waals surface area contributed by atoms with Crippen molar-refractivity contribution in [3.63, 3.8) is 0 Å². The van der Waals surface area contributed by atoms with Gasteiger partial charge in [0.2, 0.25) is 0 Å². The highest BCUT2D eigenvalue weighted by Crippen LogP contribution is 2.31.